The van der Waals surface area contributed by atoms with Gasteiger partial charge in [-0.25, -0.2) is 13.6 Å². The van der Waals surface area contributed by atoms with Gasteiger partial charge in [-0.1, -0.05) is 0 Å². The van der Waals surface area contributed by atoms with Crippen LogP contribution in [0.5, 0.6) is 0 Å². The zero-order chi connectivity index (χ0) is 19.3. The molecule has 2 saturated carbocycles. The lowest BCUT2D eigenvalue weighted by Gasteiger charge is -2.19. The Morgan fingerprint density at radius 2 is 1.96 bits per heavy atom. The van der Waals surface area contributed by atoms with Crippen LogP contribution in [0.15, 0.2) is 12.1 Å². The molecule has 1 aromatic carbocycles. The third-order valence-electron chi connectivity index (χ3n) is 5.83. The Balaban J connectivity index is 1.48. The molecule has 0 spiro atoms. The number of hydrogen-bond donors (Lipinski definition) is 1. The second-order valence-electron chi connectivity index (χ2n) is 7.53. The Morgan fingerprint density at radius 1 is 1.33 bits per heavy atom. The first-order valence-corrected chi connectivity index (χ1v) is 9.00. The smallest absolute Gasteiger partial charge is 0.414 e. The molecular formula is C19H19F2N3O3. The number of anilines is 1. The number of benzene rings is 1. The Hall–Kier alpha value is -2.69. The molecule has 2 amide bonds. The molecule has 1 aliphatic heterocycles. The molecule has 0 aromatic heterocycles. The SMILES string of the molecule is CC(=O)NC[C@H]1CN(c2cc(F)c(C3C[C@@H]4C(C#N)[C@@H]4C3)c(F)c2)C(=O)O1. The molecular weight excluding hydrogens is 356 g/mol. The van der Waals surface area contributed by atoms with Crippen molar-refractivity contribution in [3.63, 3.8) is 0 Å². The monoisotopic (exact) mass is 375 g/mol. The number of nitrogens with zero attached hydrogens (tertiary/aromatic N) is 2. The molecule has 27 heavy (non-hydrogen) atoms. The van der Waals surface area contributed by atoms with E-state index in [9.17, 15) is 18.4 Å². The maximum absolute atomic E-state index is 14.7. The molecule has 1 saturated heterocycles. The van der Waals surface area contributed by atoms with Crippen molar-refractivity contribution >= 4 is 17.7 Å². The van der Waals surface area contributed by atoms with Crippen LogP contribution in [0.2, 0.25) is 0 Å². The number of fused-ring (bicyclic) bond motifs is 1. The van der Waals surface area contributed by atoms with Gasteiger partial charge in [-0.05, 0) is 42.7 Å². The fourth-order valence-corrected chi connectivity index (χ4v) is 4.48. The van der Waals surface area contributed by atoms with Crippen molar-refractivity contribution in [1.29, 1.82) is 5.26 Å². The molecule has 1 N–H and O–H groups in total. The minimum atomic E-state index is -0.698. The highest BCUT2D eigenvalue weighted by atomic mass is 19.1. The molecule has 2 aliphatic carbocycles. The standard InChI is InChI=1S/C19H19F2N3O3/c1-9(25)23-7-12-8-24(19(26)27-12)11-4-16(20)18(17(21)5-11)10-2-13-14(3-10)15(13)6-22/h4-5,10,12-15H,2-3,7-8H2,1H3,(H,23,25)/t10?,12-,13-,14+,15?/m0/s1. The zero-order valence-electron chi connectivity index (χ0n) is 14.7. The van der Waals surface area contributed by atoms with Gasteiger partial charge in [-0.3, -0.25) is 9.69 Å². The molecule has 1 heterocycles. The number of nitrogens with one attached hydrogen (secondary N) is 1. The van der Waals surface area contributed by atoms with Crippen molar-refractivity contribution in [2.45, 2.75) is 31.8 Å². The fraction of sp³-hybridized carbons (Fsp3) is 0.526. The van der Waals surface area contributed by atoms with Crippen LogP contribution >= 0.6 is 0 Å². The number of carbonyl (C=O) groups is 2. The minimum Gasteiger partial charge on any atom is -0.442 e. The van der Waals surface area contributed by atoms with Gasteiger partial charge in [0.05, 0.1) is 30.8 Å². The van der Waals surface area contributed by atoms with Crippen LogP contribution in [-0.2, 0) is 9.53 Å². The van der Waals surface area contributed by atoms with Crippen molar-refractivity contribution in [3.05, 3.63) is 29.3 Å². The summed E-state index contributed by atoms with van der Waals surface area (Å²) in [5.41, 5.74) is 0.145. The van der Waals surface area contributed by atoms with Crippen LogP contribution in [0.4, 0.5) is 19.3 Å². The predicted octanol–water partition coefficient (Wildman–Crippen LogP) is 2.69. The largest absolute Gasteiger partial charge is 0.442 e. The molecule has 142 valence electrons. The van der Waals surface area contributed by atoms with Gasteiger partial charge in [-0.15, -0.1) is 0 Å². The normalized spacial score (nSPS) is 31.3. The Labute approximate surface area is 155 Å². The van der Waals surface area contributed by atoms with Crippen molar-refractivity contribution in [2.75, 3.05) is 18.0 Å². The highest BCUT2D eigenvalue weighted by Gasteiger charge is 2.57. The third-order valence-corrected chi connectivity index (χ3v) is 5.83. The second-order valence-corrected chi connectivity index (χ2v) is 7.53. The number of hydrogen-bond acceptors (Lipinski definition) is 4. The number of amides is 2. The lowest BCUT2D eigenvalue weighted by molar-refractivity contribution is -0.119. The van der Waals surface area contributed by atoms with E-state index in [0.717, 1.165) is 12.1 Å². The number of carbonyl (C=O) groups excluding carboxylic acids is 2. The van der Waals surface area contributed by atoms with Crippen molar-refractivity contribution in [3.8, 4) is 6.07 Å². The summed E-state index contributed by atoms with van der Waals surface area (Å²) in [6, 6.07) is 4.56. The highest BCUT2D eigenvalue weighted by Crippen LogP contribution is 2.62. The maximum Gasteiger partial charge on any atom is 0.414 e. The average Bonchev–Trinajstić information content (AvgIpc) is 2.92. The van der Waals surface area contributed by atoms with Crippen LogP contribution in [-0.4, -0.2) is 31.2 Å². The molecule has 3 fully saturated rings. The van der Waals surface area contributed by atoms with Gasteiger partial charge in [0, 0.05) is 12.5 Å². The molecule has 6 nitrogen and oxygen atoms in total. The number of ether oxygens (including phenoxy) is 1. The van der Waals surface area contributed by atoms with Gasteiger partial charge < -0.3 is 10.1 Å². The number of rotatable bonds is 4. The number of cyclic esters (lactones) is 1. The van der Waals surface area contributed by atoms with Crippen LogP contribution in [0.25, 0.3) is 0 Å². The molecule has 0 bridgehead atoms. The summed E-state index contributed by atoms with van der Waals surface area (Å²) in [7, 11) is 0. The molecule has 2 unspecified atom stereocenters. The predicted molar refractivity (Wildman–Crippen MR) is 90.7 cm³/mol. The van der Waals surface area contributed by atoms with Gasteiger partial charge in [0.1, 0.15) is 17.7 Å². The van der Waals surface area contributed by atoms with Gasteiger partial charge >= 0.3 is 6.09 Å². The quantitative estimate of drug-likeness (QED) is 0.877. The highest BCUT2D eigenvalue weighted by molar-refractivity contribution is 5.89. The molecule has 1 aromatic rings. The number of halogens is 2. The van der Waals surface area contributed by atoms with E-state index in [1.165, 1.54) is 11.8 Å². The van der Waals surface area contributed by atoms with Crippen molar-refractivity contribution < 1.29 is 23.1 Å². The summed E-state index contributed by atoms with van der Waals surface area (Å²) in [6.07, 6.45) is -0.0192. The Kier molecular flexibility index (Phi) is 4.25. The summed E-state index contributed by atoms with van der Waals surface area (Å²) in [5, 5.41) is 11.5. The van der Waals surface area contributed by atoms with E-state index in [-0.39, 0.29) is 53.9 Å². The average molecular weight is 375 g/mol. The minimum absolute atomic E-state index is 0.0339. The number of nitriles is 1. The second kappa shape index (κ2) is 6.48. The summed E-state index contributed by atoms with van der Waals surface area (Å²) >= 11 is 0. The van der Waals surface area contributed by atoms with E-state index in [0.29, 0.717) is 12.8 Å². The van der Waals surface area contributed by atoms with E-state index in [1.807, 2.05) is 0 Å². The van der Waals surface area contributed by atoms with Crippen molar-refractivity contribution in [2.24, 2.45) is 17.8 Å². The third kappa shape index (κ3) is 3.11. The fourth-order valence-electron chi connectivity index (χ4n) is 4.48. The molecule has 0 radical (unpaired) electrons. The van der Waals surface area contributed by atoms with E-state index in [4.69, 9.17) is 10.00 Å². The summed E-state index contributed by atoms with van der Waals surface area (Å²) in [5.74, 6) is -1.29. The van der Waals surface area contributed by atoms with Crippen LogP contribution in [0, 0.1) is 40.7 Å². The summed E-state index contributed by atoms with van der Waals surface area (Å²) < 4.78 is 34.5. The first-order valence-electron chi connectivity index (χ1n) is 9.00. The van der Waals surface area contributed by atoms with Gasteiger partial charge in [0.2, 0.25) is 5.91 Å². The topological polar surface area (TPSA) is 82.4 Å². The maximum atomic E-state index is 14.7. The van der Waals surface area contributed by atoms with Crippen molar-refractivity contribution in [1.82, 2.24) is 5.32 Å². The first kappa shape index (κ1) is 17.7. The van der Waals surface area contributed by atoms with Gasteiger partial charge in [0.15, 0.2) is 0 Å². The molecule has 4 rings (SSSR count). The lowest BCUT2D eigenvalue weighted by atomic mass is 9.91. The first-order chi connectivity index (χ1) is 12.9. The Bertz CT molecular complexity index is 818. The summed E-state index contributed by atoms with van der Waals surface area (Å²) in [6.45, 7) is 1.60. The molecule has 3 aliphatic rings. The van der Waals surface area contributed by atoms with Crippen LogP contribution in [0.3, 0.4) is 0 Å². The van der Waals surface area contributed by atoms with E-state index >= 15 is 0 Å². The Morgan fingerprint density at radius 3 is 2.52 bits per heavy atom. The van der Waals surface area contributed by atoms with E-state index in [2.05, 4.69) is 11.4 Å². The molecule has 5 atom stereocenters. The van der Waals surface area contributed by atoms with Gasteiger partial charge in [0.25, 0.3) is 0 Å². The van der Waals surface area contributed by atoms with E-state index < -0.39 is 23.8 Å². The molecule has 8 heteroatoms. The van der Waals surface area contributed by atoms with E-state index in [1.54, 1.807) is 0 Å². The lowest BCUT2D eigenvalue weighted by Crippen LogP contribution is -2.33. The summed E-state index contributed by atoms with van der Waals surface area (Å²) in [4.78, 5) is 24.2. The van der Waals surface area contributed by atoms with Crippen LogP contribution < -0.4 is 10.2 Å². The zero-order valence-corrected chi connectivity index (χ0v) is 14.7. The van der Waals surface area contributed by atoms with Gasteiger partial charge in [-0.2, -0.15) is 5.26 Å². The van der Waals surface area contributed by atoms with Crippen LogP contribution in [0.1, 0.15) is 31.2 Å².